The van der Waals surface area contributed by atoms with Crippen LogP contribution in [0.1, 0.15) is 25.5 Å². The van der Waals surface area contributed by atoms with Crippen LogP contribution in [0, 0.1) is 5.41 Å². The van der Waals surface area contributed by atoms with Gasteiger partial charge in [-0.1, -0.05) is 50.2 Å². The van der Waals surface area contributed by atoms with E-state index in [1.54, 1.807) is 7.11 Å². The molecule has 0 aliphatic rings. The molecule has 0 aliphatic heterocycles. The van der Waals surface area contributed by atoms with Crippen molar-refractivity contribution in [2.45, 2.75) is 19.9 Å². The van der Waals surface area contributed by atoms with Gasteiger partial charge in [-0.25, -0.2) is 9.59 Å². The molecule has 0 saturated carbocycles. The van der Waals surface area contributed by atoms with Crippen LogP contribution in [0.15, 0.2) is 54.6 Å². The lowest BCUT2D eigenvalue weighted by atomic mass is 9.92. The van der Waals surface area contributed by atoms with Gasteiger partial charge in [-0.15, -0.1) is 0 Å². The Morgan fingerprint density at radius 2 is 1.61 bits per heavy atom. The number of carboxylic acid groups (broad SMARTS) is 2. The molecule has 2 aromatic rings. The van der Waals surface area contributed by atoms with Crippen LogP contribution < -0.4 is 15.4 Å². The van der Waals surface area contributed by atoms with Crippen LogP contribution in [0.3, 0.4) is 0 Å². The fourth-order valence-electron chi connectivity index (χ4n) is 3.21. The molecule has 1 unspecified atom stereocenters. The van der Waals surface area contributed by atoms with E-state index in [0.717, 1.165) is 24.3 Å². The summed E-state index contributed by atoms with van der Waals surface area (Å²) in [4.78, 5) is 33.4. The van der Waals surface area contributed by atoms with Crippen molar-refractivity contribution >= 4 is 23.5 Å². The number of carboxylic acids is 2. The van der Waals surface area contributed by atoms with Crippen LogP contribution in [-0.2, 0) is 14.4 Å². The summed E-state index contributed by atoms with van der Waals surface area (Å²) in [6.07, 6.45) is 0. The molecular weight excluding hydrogens is 426 g/mol. The van der Waals surface area contributed by atoms with Gasteiger partial charge in [-0.05, 0) is 37.2 Å². The van der Waals surface area contributed by atoms with E-state index in [0.29, 0.717) is 5.75 Å². The third kappa shape index (κ3) is 10.6. The molecule has 9 nitrogen and oxygen atoms in total. The fraction of sp³-hybridized carbons (Fsp3) is 0.375. The van der Waals surface area contributed by atoms with Gasteiger partial charge in [0, 0.05) is 24.8 Å². The second kappa shape index (κ2) is 13.2. The molecule has 1 atom stereocenters. The molecule has 0 radical (unpaired) electrons. The molecule has 0 bridgehead atoms. The Morgan fingerprint density at radius 1 is 1.00 bits per heavy atom. The predicted molar refractivity (Wildman–Crippen MR) is 126 cm³/mol. The molecule has 1 amide bonds. The number of methoxy groups -OCH3 is 1. The molecule has 9 heteroatoms. The summed E-state index contributed by atoms with van der Waals surface area (Å²) in [5.41, 5.74) is 1.69. The van der Waals surface area contributed by atoms with Gasteiger partial charge in [0.1, 0.15) is 11.8 Å². The number of rotatable bonds is 9. The first-order chi connectivity index (χ1) is 15.4. The molecule has 0 fully saturated rings. The molecule has 33 heavy (non-hydrogen) atoms. The summed E-state index contributed by atoms with van der Waals surface area (Å²) in [6, 6.07) is 16.8. The second-order valence-corrected chi connectivity index (χ2v) is 8.46. The Labute approximate surface area is 194 Å². The van der Waals surface area contributed by atoms with Gasteiger partial charge in [-0.2, -0.15) is 0 Å². The number of benzene rings is 2. The average molecular weight is 460 g/mol. The van der Waals surface area contributed by atoms with Crippen molar-refractivity contribution in [3.8, 4) is 5.75 Å². The first-order valence-electron chi connectivity index (χ1n) is 10.3. The van der Waals surface area contributed by atoms with E-state index in [1.807, 2.05) is 54.6 Å². The van der Waals surface area contributed by atoms with Crippen molar-refractivity contribution in [1.82, 2.24) is 10.2 Å². The highest BCUT2D eigenvalue weighted by Crippen LogP contribution is 2.22. The molecule has 2 rings (SSSR count). The number of aliphatic carboxylic acids is 2. The summed E-state index contributed by atoms with van der Waals surface area (Å²) in [7, 11) is 5.74. The number of carbonyl (C=O) groups excluding carboxylic acids is 1. The van der Waals surface area contributed by atoms with Gasteiger partial charge in [0.15, 0.2) is 0 Å². The first-order valence-corrected chi connectivity index (χ1v) is 10.3. The number of nitrogens with zero attached hydrogens (tertiary/aromatic N) is 1. The van der Waals surface area contributed by atoms with E-state index in [-0.39, 0.29) is 11.3 Å². The van der Waals surface area contributed by atoms with Crippen molar-refractivity contribution in [3.05, 3.63) is 60.2 Å². The lowest BCUT2D eigenvalue weighted by molar-refractivity contribution is -0.159. The van der Waals surface area contributed by atoms with Gasteiger partial charge < -0.3 is 30.5 Å². The first kappa shape index (κ1) is 27.6. The van der Waals surface area contributed by atoms with Crippen LogP contribution in [0.2, 0.25) is 0 Å². The van der Waals surface area contributed by atoms with Gasteiger partial charge in [0.25, 0.3) is 0 Å². The molecular formula is C24H33N3O6. The molecule has 2 aromatic carbocycles. The number of ether oxygens (including phenoxy) is 1. The number of hydrogen-bond acceptors (Lipinski definition) is 6. The van der Waals surface area contributed by atoms with E-state index in [2.05, 4.69) is 43.5 Å². The smallest absolute Gasteiger partial charge is 0.414 e. The highest BCUT2D eigenvalue weighted by Gasteiger charge is 2.25. The monoisotopic (exact) mass is 459 g/mol. The highest BCUT2D eigenvalue weighted by atomic mass is 16.5. The molecule has 4 N–H and O–H groups in total. The number of nitrogens with one attached hydrogen (secondary N) is 2. The second-order valence-electron chi connectivity index (χ2n) is 8.46. The van der Waals surface area contributed by atoms with E-state index < -0.39 is 18.0 Å². The maximum atomic E-state index is 13.0. The molecule has 0 saturated heterocycles. The van der Waals surface area contributed by atoms with Gasteiger partial charge in [0.2, 0.25) is 5.91 Å². The van der Waals surface area contributed by atoms with Crippen LogP contribution in [-0.4, -0.2) is 67.3 Å². The summed E-state index contributed by atoms with van der Waals surface area (Å²) >= 11 is 0. The zero-order valence-electron chi connectivity index (χ0n) is 19.7. The number of anilines is 1. The Morgan fingerprint density at radius 3 is 2.12 bits per heavy atom. The number of hydrogen-bond donors (Lipinski definition) is 4. The summed E-state index contributed by atoms with van der Waals surface area (Å²) in [5, 5.41) is 21.2. The van der Waals surface area contributed by atoms with Crippen molar-refractivity contribution in [2.24, 2.45) is 5.41 Å². The number of amides is 1. The Balaban J connectivity index is 0.000000801. The van der Waals surface area contributed by atoms with Crippen LogP contribution in [0.25, 0.3) is 0 Å². The summed E-state index contributed by atoms with van der Waals surface area (Å²) < 4.78 is 5.24. The SMILES string of the molecule is COc1cccc(NC(=O)C(NCC(C)(C)CN(C)C)c2ccccc2)c1.O=C(O)C(=O)O. The topological polar surface area (TPSA) is 128 Å². The maximum Gasteiger partial charge on any atom is 0.414 e. The maximum absolute atomic E-state index is 13.0. The van der Waals surface area contributed by atoms with Gasteiger partial charge in [0.05, 0.1) is 7.11 Å². The zero-order valence-corrected chi connectivity index (χ0v) is 19.7. The fourth-order valence-corrected chi connectivity index (χ4v) is 3.21. The van der Waals surface area contributed by atoms with Crippen LogP contribution in [0.5, 0.6) is 5.75 Å². The minimum Gasteiger partial charge on any atom is -0.497 e. The highest BCUT2D eigenvalue weighted by molar-refractivity contribution is 6.27. The molecule has 0 spiro atoms. The molecule has 180 valence electrons. The van der Waals surface area contributed by atoms with Crippen LogP contribution in [0.4, 0.5) is 5.69 Å². The quantitative estimate of drug-likeness (QED) is 0.422. The normalized spacial score (nSPS) is 11.7. The lowest BCUT2D eigenvalue weighted by Crippen LogP contribution is -2.42. The largest absolute Gasteiger partial charge is 0.497 e. The van der Waals surface area contributed by atoms with Crippen molar-refractivity contribution in [2.75, 3.05) is 39.6 Å². The average Bonchev–Trinajstić information content (AvgIpc) is 2.74. The van der Waals surface area contributed by atoms with E-state index >= 15 is 0 Å². The molecule has 0 aromatic heterocycles. The van der Waals surface area contributed by atoms with Crippen molar-refractivity contribution in [1.29, 1.82) is 0 Å². The lowest BCUT2D eigenvalue weighted by Gasteiger charge is -2.30. The van der Waals surface area contributed by atoms with Gasteiger partial charge >= 0.3 is 11.9 Å². The van der Waals surface area contributed by atoms with E-state index in [1.165, 1.54) is 0 Å². The summed E-state index contributed by atoms with van der Waals surface area (Å²) in [5.74, 6) is -3.02. The molecule has 0 heterocycles. The van der Waals surface area contributed by atoms with Gasteiger partial charge in [-0.3, -0.25) is 4.79 Å². The standard InChI is InChI=1S/C22H31N3O2.C2H2O4/c1-22(2,16-25(3)4)15-23-20(17-10-7-6-8-11-17)21(26)24-18-12-9-13-19(14-18)27-5;3-1(4)2(5)6/h6-14,20,23H,15-16H2,1-5H3,(H,24,26);(H,3,4)(H,5,6). The Bertz CT molecular complexity index is 903. The third-order valence-electron chi connectivity index (χ3n) is 4.44. The van der Waals surface area contributed by atoms with Crippen LogP contribution >= 0.6 is 0 Å². The Kier molecular flexibility index (Phi) is 11.0. The van der Waals surface area contributed by atoms with Crippen molar-refractivity contribution in [3.63, 3.8) is 0 Å². The third-order valence-corrected chi connectivity index (χ3v) is 4.44. The minimum absolute atomic E-state index is 0.0345. The number of carbonyl (C=O) groups is 3. The molecule has 0 aliphatic carbocycles. The summed E-state index contributed by atoms with van der Waals surface area (Å²) in [6.45, 7) is 6.04. The predicted octanol–water partition coefficient (Wildman–Crippen LogP) is 2.71. The van der Waals surface area contributed by atoms with E-state index in [4.69, 9.17) is 24.5 Å². The zero-order chi connectivity index (χ0) is 25.0. The minimum atomic E-state index is -1.82. The van der Waals surface area contributed by atoms with E-state index in [9.17, 15) is 4.79 Å². The van der Waals surface area contributed by atoms with Crippen molar-refractivity contribution < 1.29 is 29.3 Å². The Hall–Kier alpha value is -3.43.